The molecule has 2 aromatic rings. The summed E-state index contributed by atoms with van der Waals surface area (Å²) in [4.78, 5) is 18.1. The largest absolute Gasteiger partial charge is 0.394 e. The third-order valence-corrected chi connectivity index (χ3v) is 3.60. The van der Waals surface area contributed by atoms with Gasteiger partial charge in [0.25, 0.3) is 5.56 Å². The molecule has 0 amide bonds. The lowest BCUT2D eigenvalue weighted by Crippen LogP contribution is -2.45. The first-order chi connectivity index (χ1) is 11.1. The van der Waals surface area contributed by atoms with E-state index >= 15 is 0 Å². The average molecular weight is 308 g/mol. The molecule has 22 heavy (non-hydrogen) atoms. The van der Waals surface area contributed by atoms with Crippen LogP contribution in [0.15, 0.2) is 17.1 Å². The second kappa shape index (κ2) is 4.82. The van der Waals surface area contributed by atoms with E-state index in [0.717, 1.165) is 4.57 Å². The lowest BCUT2D eigenvalue weighted by molar-refractivity contribution is -0.0718. The van der Waals surface area contributed by atoms with Crippen molar-refractivity contribution in [1.82, 2.24) is 14.5 Å². The zero-order valence-electron chi connectivity index (χ0n) is 13.1. The minimum absolute atomic E-state index is 0.0151. The van der Waals surface area contributed by atoms with Crippen LogP contribution in [0.5, 0.6) is 0 Å². The molecule has 0 aromatic carbocycles. The van der Waals surface area contributed by atoms with Gasteiger partial charge in [-0.1, -0.05) is 5.92 Å². The minimum Gasteiger partial charge on any atom is -0.394 e. The van der Waals surface area contributed by atoms with Gasteiger partial charge in [0, 0.05) is 6.20 Å². The number of H-pyrrole nitrogens is 1. The van der Waals surface area contributed by atoms with E-state index in [-0.39, 0.29) is 17.0 Å². The molecule has 1 aliphatic heterocycles. The Morgan fingerprint density at radius 1 is 1.73 bits per heavy atom. The van der Waals surface area contributed by atoms with Crippen LogP contribution in [0.3, 0.4) is 0 Å². The van der Waals surface area contributed by atoms with E-state index in [1.165, 1.54) is 12.3 Å². The first kappa shape index (κ1) is 12.2. The number of hydrogen-bond donors (Lipinski definition) is 5. The molecule has 116 valence electrons. The summed E-state index contributed by atoms with van der Waals surface area (Å²) in [7, 11) is 0. The molecule has 1 unspecified atom stereocenters. The molecule has 1 aliphatic rings. The van der Waals surface area contributed by atoms with Crippen molar-refractivity contribution >= 4 is 17.0 Å². The van der Waals surface area contributed by atoms with E-state index in [1.54, 1.807) is 0 Å². The molecule has 9 nitrogen and oxygen atoms in total. The number of ether oxygens (including phenoxy) is 1. The lowest BCUT2D eigenvalue weighted by atomic mass is 9.95. The topological polar surface area (TPSA) is 147 Å². The third kappa shape index (κ3) is 1.83. The van der Waals surface area contributed by atoms with Crippen LogP contribution in [0.1, 0.15) is 8.97 Å². The van der Waals surface area contributed by atoms with Crippen LogP contribution in [0.4, 0.5) is 5.95 Å². The number of aliphatic hydroxyl groups is 3. The zero-order chi connectivity index (χ0) is 17.9. The third-order valence-electron chi connectivity index (χ3n) is 3.60. The number of nitrogens with two attached hydrogens (primary N) is 1. The van der Waals surface area contributed by atoms with Gasteiger partial charge in [-0.05, 0) is 6.07 Å². The fourth-order valence-corrected chi connectivity index (χ4v) is 2.48. The number of nitrogens with zero attached hydrogens (tertiary/aromatic N) is 2. The van der Waals surface area contributed by atoms with E-state index in [2.05, 4.69) is 9.97 Å². The summed E-state index contributed by atoms with van der Waals surface area (Å²) in [6.07, 6.45) is 1.37. The van der Waals surface area contributed by atoms with E-state index in [4.69, 9.17) is 19.6 Å². The Hall–Kier alpha value is -2.38. The summed E-state index contributed by atoms with van der Waals surface area (Å²) < 4.78 is 21.1. The second-order valence-electron chi connectivity index (χ2n) is 4.86. The van der Waals surface area contributed by atoms with Crippen LogP contribution >= 0.6 is 0 Å². The first-order valence-corrected chi connectivity index (χ1v) is 6.22. The zero-order valence-corrected chi connectivity index (χ0v) is 11.1. The molecule has 0 bridgehead atoms. The van der Waals surface area contributed by atoms with Crippen molar-refractivity contribution < 1.29 is 22.8 Å². The molecule has 6 N–H and O–H groups in total. The molecule has 0 aliphatic carbocycles. The molecule has 0 spiro atoms. The van der Waals surface area contributed by atoms with Crippen molar-refractivity contribution in [2.75, 3.05) is 12.3 Å². The van der Waals surface area contributed by atoms with Gasteiger partial charge in [-0.25, -0.2) is 0 Å². The summed E-state index contributed by atoms with van der Waals surface area (Å²) >= 11 is 0. The fraction of sp³-hybridized carbons (Fsp3) is 0.385. The number of aliphatic hydroxyl groups excluding tert-OH is 1. The summed E-state index contributed by atoms with van der Waals surface area (Å²) in [5.41, 5.74) is 2.61. The van der Waals surface area contributed by atoms with Crippen LogP contribution in [0.25, 0.3) is 11.0 Å². The summed E-state index contributed by atoms with van der Waals surface area (Å²) in [6, 6.07) is 1.37. The standard InChI is InChI=1S/C13H14N4O5/c1-2-13(21)8(19)7(5-18)22-11(13)17-4-3-6-9(17)15-12(14)16-10(6)20/h1,3-4,7-8,11,18-19,21H,5H2,(H3,14,15,16,20)/t7-,8+,11-,13?/m1/s1/i5D2. The van der Waals surface area contributed by atoms with Gasteiger partial charge >= 0.3 is 0 Å². The monoisotopic (exact) mass is 308 g/mol. The maximum absolute atomic E-state index is 11.9. The van der Waals surface area contributed by atoms with Crippen LogP contribution in [-0.4, -0.2) is 54.2 Å². The lowest BCUT2D eigenvalue weighted by Gasteiger charge is -2.26. The minimum atomic E-state index is -2.97. The van der Waals surface area contributed by atoms with Crippen LogP contribution in [0.2, 0.25) is 0 Å². The summed E-state index contributed by atoms with van der Waals surface area (Å²) in [5.74, 6) is 1.77. The number of fused-ring (bicyclic) bond motifs is 1. The molecule has 4 atom stereocenters. The number of aromatic amines is 1. The maximum atomic E-state index is 11.9. The number of aromatic nitrogens is 3. The van der Waals surface area contributed by atoms with E-state index < -0.39 is 36.2 Å². The molecule has 1 saturated heterocycles. The Bertz CT molecular complexity index is 898. The number of nitrogens with one attached hydrogen (secondary N) is 1. The number of nitrogen functional groups attached to an aromatic ring is 1. The average Bonchev–Trinajstić information content (AvgIpc) is 2.99. The van der Waals surface area contributed by atoms with Gasteiger partial charge in [0.1, 0.15) is 12.2 Å². The van der Waals surface area contributed by atoms with Crippen molar-refractivity contribution in [1.29, 1.82) is 0 Å². The Labute approximate surface area is 126 Å². The van der Waals surface area contributed by atoms with E-state index in [0.29, 0.717) is 0 Å². The van der Waals surface area contributed by atoms with Crippen LogP contribution in [0, 0.1) is 12.3 Å². The molecular formula is C13H14N4O5. The van der Waals surface area contributed by atoms with Gasteiger partial charge in [0.05, 0.1) is 14.7 Å². The van der Waals surface area contributed by atoms with Gasteiger partial charge in [-0.15, -0.1) is 6.42 Å². The van der Waals surface area contributed by atoms with Crippen LogP contribution in [-0.2, 0) is 4.74 Å². The Morgan fingerprint density at radius 3 is 3.09 bits per heavy atom. The highest BCUT2D eigenvalue weighted by atomic mass is 16.6. The number of hydrogen-bond acceptors (Lipinski definition) is 7. The van der Waals surface area contributed by atoms with E-state index in [1.807, 2.05) is 5.92 Å². The molecule has 1 fully saturated rings. The predicted molar refractivity (Wildman–Crippen MR) is 75.6 cm³/mol. The van der Waals surface area contributed by atoms with Crippen molar-refractivity contribution in [3.05, 3.63) is 22.6 Å². The molecular weight excluding hydrogens is 292 g/mol. The smallest absolute Gasteiger partial charge is 0.261 e. The molecule has 2 aromatic heterocycles. The predicted octanol–water partition coefficient (Wildman–Crippen LogP) is -2.08. The van der Waals surface area contributed by atoms with Gasteiger partial charge in [0.15, 0.2) is 17.5 Å². The van der Waals surface area contributed by atoms with Gasteiger partial charge < -0.3 is 30.4 Å². The van der Waals surface area contributed by atoms with Crippen LogP contribution < -0.4 is 11.3 Å². The molecule has 3 heterocycles. The quantitative estimate of drug-likeness (QED) is 0.400. The van der Waals surface area contributed by atoms with Crippen molar-refractivity contribution in [3.63, 3.8) is 0 Å². The maximum Gasteiger partial charge on any atom is 0.261 e. The van der Waals surface area contributed by atoms with Crippen molar-refractivity contribution in [2.45, 2.75) is 24.0 Å². The first-order valence-electron chi connectivity index (χ1n) is 7.22. The summed E-state index contributed by atoms with van der Waals surface area (Å²) in [6.45, 7) is -2.97. The van der Waals surface area contributed by atoms with Gasteiger partial charge in [0.2, 0.25) is 5.95 Å². The van der Waals surface area contributed by atoms with Crippen molar-refractivity contribution in [3.8, 4) is 12.3 Å². The number of anilines is 1. The second-order valence-corrected chi connectivity index (χ2v) is 4.86. The number of rotatable bonds is 2. The molecule has 3 rings (SSSR count). The Kier molecular flexibility index (Phi) is 2.67. The van der Waals surface area contributed by atoms with Crippen molar-refractivity contribution in [2.24, 2.45) is 0 Å². The fourth-order valence-electron chi connectivity index (χ4n) is 2.48. The highest BCUT2D eigenvalue weighted by Gasteiger charge is 2.55. The molecule has 0 saturated carbocycles. The van der Waals surface area contributed by atoms with Gasteiger partial charge in [-0.2, -0.15) is 4.98 Å². The normalized spacial score (nSPS) is 33.5. The summed E-state index contributed by atoms with van der Waals surface area (Å²) in [5, 5.41) is 30.4. The molecule has 0 radical (unpaired) electrons. The highest BCUT2D eigenvalue weighted by Crippen LogP contribution is 2.39. The Morgan fingerprint density at radius 2 is 2.45 bits per heavy atom. The molecule has 9 heteroatoms. The van der Waals surface area contributed by atoms with E-state index in [9.17, 15) is 20.1 Å². The highest BCUT2D eigenvalue weighted by molar-refractivity contribution is 5.76. The Balaban J connectivity index is 2.19. The van der Waals surface area contributed by atoms with Gasteiger partial charge in [-0.3, -0.25) is 9.78 Å². The number of terminal acetylenes is 1. The SMILES string of the molecule is [2H]C([2H])(O)[C@H]1O[C@@H](n2ccc3c(=O)[nH]c(N)nc32)C(O)(C#C)[C@H]1O.